The number of nitrogens with zero attached hydrogens (tertiary/aromatic N) is 3. The molecule has 1 aromatic carbocycles. The predicted octanol–water partition coefficient (Wildman–Crippen LogP) is 5.36. The molecule has 47 heavy (non-hydrogen) atoms. The zero-order valence-electron chi connectivity index (χ0n) is 28.1. The van der Waals surface area contributed by atoms with Crippen molar-refractivity contribution >= 4 is 19.1 Å². The number of alkyl carbamates (subject to hydrolysis) is 1. The number of alkyl halides is 2. The smallest absolute Gasteiger partial charge is 0.449 e. The van der Waals surface area contributed by atoms with Gasteiger partial charge < -0.3 is 24.3 Å². The normalized spacial score (nSPS) is 31.9. The minimum atomic E-state index is -2.77. The monoisotopic (exact) mass is 652 g/mol. The number of amides is 2. The zero-order chi connectivity index (χ0) is 33.8. The summed E-state index contributed by atoms with van der Waals surface area (Å²) in [6.45, 7) is 18.6. The van der Waals surface area contributed by atoms with E-state index in [9.17, 15) is 18.4 Å². The third-order valence-corrected chi connectivity index (χ3v) is 11.7. The predicted molar refractivity (Wildman–Crippen MR) is 173 cm³/mol. The molecule has 2 amide bonds. The highest BCUT2D eigenvalue weighted by Crippen LogP contribution is 2.65. The summed E-state index contributed by atoms with van der Waals surface area (Å²) in [6, 6.07) is 9.92. The van der Waals surface area contributed by atoms with Gasteiger partial charge in [-0.2, -0.15) is 0 Å². The van der Waals surface area contributed by atoms with Gasteiger partial charge in [0.15, 0.2) is 0 Å². The van der Waals surface area contributed by atoms with Gasteiger partial charge in [0.25, 0.3) is 11.8 Å². The summed E-state index contributed by atoms with van der Waals surface area (Å²) >= 11 is 0. The van der Waals surface area contributed by atoms with Gasteiger partial charge in [0.2, 0.25) is 5.70 Å². The fourth-order valence-electron chi connectivity index (χ4n) is 8.65. The maximum absolute atomic E-state index is 13.8. The van der Waals surface area contributed by atoms with Crippen LogP contribution >= 0.6 is 0 Å². The van der Waals surface area contributed by atoms with Crippen molar-refractivity contribution in [3.63, 3.8) is 0 Å². The molecule has 6 atom stereocenters. The number of nitrogens with one attached hydrogen (secondary N) is 1. The van der Waals surface area contributed by atoms with Gasteiger partial charge >= 0.3 is 13.2 Å². The Balaban J connectivity index is 1.04. The first kappa shape index (κ1) is 33.9. The Morgan fingerprint density at radius 2 is 1.96 bits per heavy atom. The number of carbonyl (C=O) groups is 2. The lowest BCUT2D eigenvalue weighted by atomic mass is 9.43. The van der Waals surface area contributed by atoms with E-state index < -0.39 is 48.7 Å². The highest BCUT2D eigenvalue weighted by molar-refractivity contribution is 6.47. The first-order chi connectivity index (χ1) is 22.1. The maximum atomic E-state index is 13.8. The second-order valence-electron chi connectivity index (χ2n) is 15.6. The van der Waals surface area contributed by atoms with Crippen LogP contribution in [0.1, 0.15) is 65.9 Å². The zero-order valence-corrected chi connectivity index (χ0v) is 28.1. The molecule has 0 aromatic heterocycles. The second kappa shape index (κ2) is 12.5. The van der Waals surface area contributed by atoms with Gasteiger partial charge in [0.05, 0.1) is 37.4 Å². The molecule has 1 N–H and O–H groups in total. The lowest BCUT2D eigenvalue weighted by Gasteiger charge is -2.64. The Labute approximate surface area is 277 Å². The van der Waals surface area contributed by atoms with Crippen molar-refractivity contribution in [2.24, 2.45) is 23.2 Å². The molecule has 0 radical (unpaired) electrons. The molecule has 3 heterocycles. The Hall–Kier alpha value is -3.01. The molecule has 6 aliphatic rings. The average molecular weight is 653 g/mol. The van der Waals surface area contributed by atoms with E-state index in [1.807, 2.05) is 30.3 Å². The molecular formula is C35H47BF2N4O5. The number of likely N-dealkylation sites (tertiary alicyclic amines) is 2. The summed E-state index contributed by atoms with van der Waals surface area (Å²) in [7, 11) is -0.609. The van der Waals surface area contributed by atoms with E-state index in [0.29, 0.717) is 37.8 Å². The van der Waals surface area contributed by atoms with Gasteiger partial charge in [-0.05, 0) is 69.3 Å². The molecule has 7 rings (SSSR count). The quantitative estimate of drug-likeness (QED) is 0.220. The Morgan fingerprint density at radius 3 is 2.62 bits per heavy atom. The standard InChI is InChI=1S/C35H47BF2N4O5/c1-32(2,42-15-13-35(37,38)22-42)19-26(39-6)30(43)41-14-12-24(20-41)21-45-31(44)40-29(16-23-10-8-7-9-11-23)36-46-28-18-25-17-27(33(25,3)4)34(28,5)47-36/h7-11,19,24-25,27-29H,12-18,20-22H2,1-5H3,(H,40,44)/t24-,25-,27-,28+,29-,34-/m0/s1. The van der Waals surface area contributed by atoms with E-state index in [1.54, 1.807) is 23.6 Å². The van der Waals surface area contributed by atoms with E-state index >= 15 is 0 Å². The molecule has 0 spiro atoms. The van der Waals surface area contributed by atoms with Gasteiger partial charge in [-0.3, -0.25) is 9.69 Å². The summed E-state index contributed by atoms with van der Waals surface area (Å²) in [4.78, 5) is 33.1. The molecule has 3 saturated carbocycles. The topological polar surface area (TPSA) is 84.7 Å². The molecular weight excluding hydrogens is 605 g/mol. The second-order valence-corrected chi connectivity index (χ2v) is 15.6. The number of hydrogen-bond donors (Lipinski definition) is 1. The summed E-state index contributed by atoms with van der Waals surface area (Å²) < 4.78 is 46.6. The number of halogens is 2. The van der Waals surface area contributed by atoms with Gasteiger partial charge in [-0.1, -0.05) is 50.3 Å². The fourth-order valence-corrected chi connectivity index (χ4v) is 8.65. The highest BCUT2D eigenvalue weighted by atomic mass is 19.3. The van der Waals surface area contributed by atoms with Crippen molar-refractivity contribution in [1.82, 2.24) is 15.1 Å². The first-order valence-corrected chi connectivity index (χ1v) is 16.9. The van der Waals surface area contributed by atoms with Crippen LogP contribution < -0.4 is 5.32 Å². The lowest BCUT2D eigenvalue weighted by molar-refractivity contribution is -0.199. The van der Waals surface area contributed by atoms with Gasteiger partial charge in [0.1, 0.15) is 0 Å². The fraction of sp³-hybridized carbons (Fsp3) is 0.686. The molecule has 3 saturated heterocycles. The first-order valence-electron chi connectivity index (χ1n) is 16.9. The van der Waals surface area contributed by atoms with E-state index in [1.165, 1.54) is 6.08 Å². The molecule has 3 aliphatic heterocycles. The molecule has 9 nitrogen and oxygen atoms in total. The van der Waals surface area contributed by atoms with Crippen LogP contribution in [0.2, 0.25) is 0 Å². The number of carbonyl (C=O) groups excluding carboxylic acids is 2. The highest BCUT2D eigenvalue weighted by Gasteiger charge is 2.68. The Bertz CT molecular complexity index is 1430. The third-order valence-electron chi connectivity index (χ3n) is 11.7. The van der Waals surface area contributed by atoms with E-state index in [-0.39, 0.29) is 42.7 Å². The molecule has 12 heteroatoms. The van der Waals surface area contributed by atoms with Crippen molar-refractivity contribution in [2.75, 3.05) is 32.8 Å². The number of rotatable bonds is 9. The molecule has 2 bridgehead atoms. The largest absolute Gasteiger partial charge is 0.482 e. The number of hydrogen-bond acceptors (Lipinski definition) is 6. The molecule has 3 aliphatic carbocycles. The van der Waals surface area contributed by atoms with Gasteiger partial charge in [-0.25, -0.2) is 18.4 Å². The van der Waals surface area contributed by atoms with Crippen molar-refractivity contribution in [3.05, 3.63) is 59.1 Å². The molecule has 254 valence electrons. The van der Waals surface area contributed by atoms with Crippen molar-refractivity contribution in [1.29, 1.82) is 0 Å². The average Bonchev–Trinajstić information content (AvgIpc) is 3.74. The van der Waals surface area contributed by atoms with Crippen molar-refractivity contribution in [3.8, 4) is 0 Å². The Morgan fingerprint density at radius 1 is 1.21 bits per heavy atom. The van der Waals surface area contributed by atoms with Crippen LogP contribution in [-0.4, -0.2) is 90.8 Å². The van der Waals surface area contributed by atoms with Crippen LogP contribution in [-0.2, 0) is 25.3 Å². The van der Waals surface area contributed by atoms with Crippen LogP contribution in [0, 0.1) is 29.7 Å². The van der Waals surface area contributed by atoms with E-state index in [0.717, 1.165) is 18.4 Å². The molecule has 0 unspecified atom stereocenters. The summed E-state index contributed by atoms with van der Waals surface area (Å²) in [5.74, 6) is -2.74. The van der Waals surface area contributed by atoms with Crippen LogP contribution in [0.15, 0.2) is 42.1 Å². The van der Waals surface area contributed by atoms with E-state index in [4.69, 9.17) is 20.6 Å². The minimum Gasteiger partial charge on any atom is -0.449 e. The molecule has 6 fully saturated rings. The van der Waals surface area contributed by atoms with Gasteiger partial charge in [-0.15, -0.1) is 0 Å². The van der Waals surface area contributed by atoms with Crippen LogP contribution in [0.4, 0.5) is 13.6 Å². The minimum absolute atomic E-state index is 0.0151. The van der Waals surface area contributed by atoms with Gasteiger partial charge in [0, 0.05) is 37.5 Å². The number of benzene rings is 1. The summed E-state index contributed by atoms with van der Waals surface area (Å²) in [6.07, 6.45) is 3.90. The number of ether oxygens (including phenoxy) is 1. The van der Waals surface area contributed by atoms with Crippen molar-refractivity contribution < 1.29 is 32.4 Å². The van der Waals surface area contributed by atoms with Crippen molar-refractivity contribution in [2.45, 2.75) is 95.8 Å². The molecule has 1 aromatic rings. The third kappa shape index (κ3) is 6.68. The van der Waals surface area contributed by atoms with Crippen LogP contribution in [0.5, 0.6) is 0 Å². The SMILES string of the molecule is [C-]#[N+]C(=CC(C)(C)N1CCC(F)(F)C1)C(=O)N1CC[C@H](COC(=O)N[C@@H](Cc2ccccc2)B2O[C@@H]3C[C@@H]4C[C@@H](C4(C)C)[C@]3(C)O2)C1. The summed E-state index contributed by atoms with van der Waals surface area (Å²) in [5, 5.41) is 3.03. The van der Waals surface area contributed by atoms with Crippen LogP contribution in [0.25, 0.3) is 4.85 Å². The Kier molecular flexibility index (Phi) is 8.98. The maximum Gasteiger partial charge on any atom is 0.482 e. The van der Waals surface area contributed by atoms with E-state index in [2.05, 4.69) is 30.9 Å². The summed E-state index contributed by atoms with van der Waals surface area (Å²) in [5.41, 5.74) is -0.111. The lowest BCUT2D eigenvalue weighted by Crippen LogP contribution is -2.65. The van der Waals surface area contributed by atoms with Crippen LogP contribution in [0.3, 0.4) is 0 Å².